The number of hydrogen-bond acceptors (Lipinski definition) is 0. The van der Waals surface area contributed by atoms with Crippen LogP contribution in [0.15, 0.2) is 36.0 Å². The van der Waals surface area contributed by atoms with Crippen molar-refractivity contribution in [3.05, 3.63) is 36.0 Å². The molecule has 0 bridgehead atoms. The molecule has 0 aromatic rings. The Bertz CT molecular complexity index is 204. The molecule has 0 saturated carbocycles. The van der Waals surface area contributed by atoms with Crippen LogP contribution in [0, 0.1) is 0 Å². The maximum atomic E-state index is 3.64. The Morgan fingerprint density at radius 3 is 2.21 bits per heavy atom. The lowest BCUT2D eigenvalue weighted by Crippen LogP contribution is -1.71. The van der Waals surface area contributed by atoms with Gasteiger partial charge in [0.1, 0.15) is 0 Å². The van der Waals surface area contributed by atoms with Crippen LogP contribution in [0.4, 0.5) is 0 Å². The number of allylic oxidation sites excluding steroid dienone is 5. The Morgan fingerprint density at radius 1 is 1.21 bits per heavy atom. The molecule has 0 aromatic carbocycles. The van der Waals surface area contributed by atoms with Gasteiger partial charge in [-0.1, -0.05) is 57.1 Å². The summed E-state index contributed by atoms with van der Waals surface area (Å²) in [5, 5.41) is 0. The zero-order valence-electron chi connectivity index (χ0n) is 9.97. The van der Waals surface area contributed by atoms with E-state index in [2.05, 4.69) is 33.4 Å². The van der Waals surface area contributed by atoms with Gasteiger partial charge in [-0.2, -0.15) is 0 Å². The first kappa shape index (κ1) is 13.2. The van der Waals surface area contributed by atoms with E-state index in [4.69, 9.17) is 0 Å². The Hall–Kier alpha value is -0.780. The van der Waals surface area contributed by atoms with Gasteiger partial charge in [0.15, 0.2) is 0 Å². The third kappa shape index (κ3) is 5.80. The van der Waals surface area contributed by atoms with E-state index in [9.17, 15) is 0 Å². The van der Waals surface area contributed by atoms with Gasteiger partial charge in [-0.15, -0.1) is 0 Å². The summed E-state index contributed by atoms with van der Waals surface area (Å²) < 4.78 is 0. The molecule has 0 spiro atoms. The van der Waals surface area contributed by atoms with Crippen LogP contribution in [0.2, 0.25) is 0 Å². The van der Waals surface area contributed by atoms with Gasteiger partial charge in [-0.3, -0.25) is 0 Å². The zero-order chi connectivity index (χ0) is 10.8. The summed E-state index contributed by atoms with van der Waals surface area (Å²) in [6.45, 7) is 10.2. The number of unbranched alkanes of at least 4 members (excludes halogenated alkanes) is 1. The second-order valence-corrected chi connectivity index (χ2v) is 3.75. The van der Waals surface area contributed by atoms with Gasteiger partial charge in [-0.05, 0) is 31.8 Å². The van der Waals surface area contributed by atoms with Crippen molar-refractivity contribution in [2.24, 2.45) is 0 Å². The highest BCUT2D eigenvalue weighted by molar-refractivity contribution is 5.29. The van der Waals surface area contributed by atoms with Crippen molar-refractivity contribution in [2.45, 2.75) is 52.9 Å². The first-order chi connectivity index (χ1) is 6.76. The van der Waals surface area contributed by atoms with E-state index in [1.165, 1.54) is 37.7 Å². The van der Waals surface area contributed by atoms with E-state index < -0.39 is 0 Å². The Balaban J connectivity index is 0.000000364. The molecule has 14 heavy (non-hydrogen) atoms. The molecule has 0 saturated heterocycles. The van der Waals surface area contributed by atoms with Crippen molar-refractivity contribution in [1.29, 1.82) is 0 Å². The van der Waals surface area contributed by atoms with Crippen molar-refractivity contribution >= 4 is 0 Å². The summed E-state index contributed by atoms with van der Waals surface area (Å²) >= 11 is 0. The van der Waals surface area contributed by atoms with Crippen molar-refractivity contribution in [2.75, 3.05) is 0 Å². The number of rotatable bonds is 3. The minimum absolute atomic E-state index is 1.26. The van der Waals surface area contributed by atoms with E-state index >= 15 is 0 Å². The van der Waals surface area contributed by atoms with E-state index in [1.807, 2.05) is 12.2 Å². The van der Waals surface area contributed by atoms with Crippen LogP contribution in [0.3, 0.4) is 0 Å². The summed E-state index contributed by atoms with van der Waals surface area (Å²) in [5.41, 5.74) is 3.07. The molecule has 0 aromatic heterocycles. The lowest BCUT2D eigenvalue weighted by molar-refractivity contribution is 0.886. The van der Waals surface area contributed by atoms with Crippen molar-refractivity contribution in [1.82, 2.24) is 0 Å². The molecule has 0 aliphatic heterocycles. The molecule has 0 atom stereocenters. The fourth-order valence-corrected chi connectivity index (χ4v) is 1.33. The molecule has 1 aliphatic carbocycles. The van der Waals surface area contributed by atoms with Gasteiger partial charge in [0, 0.05) is 0 Å². The standard InChI is InChI=1S/C10H14.C4H10/c1-3-4-7-10-8-5-6-9(10)2;1-3-4-2/h3-4,7H,1,5-6,8H2,2H3;3-4H2,1-2H3/b7-4-;. The molecule has 0 amide bonds. The van der Waals surface area contributed by atoms with Gasteiger partial charge < -0.3 is 0 Å². The monoisotopic (exact) mass is 192 g/mol. The summed E-state index contributed by atoms with van der Waals surface area (Å²) in [7, 11) is 0. The average Bonchev–Trinajstić information content (AvgIpc) is 2.61. The number of hydrogen-bond donors (Lipinski definition) is 0. The maximum absolute atomic E-state index is 3.64. The smallest absolute Gasteiger partial charge is 0.0276 e. The summed E-state index contributed by atoms with van der Waals surface area (Å²) in [6, 6.07) is 0. The van der Waals surface area contributed by atoms with Gasteiger partial charge in [0.05, 0.1) is 0 Å². The van der Waals surface area contributed by atoms with Gasteiger partial charge in [0.2, 0.25) is 0 Å². The highest BCUT2D eigenvalue weighted by atomic mass is 14.1. The van der Waals surface area contributed by atoms with E-state index in [0.717, 1.165) is 0 Å². The van der Waals surface area contributed by atoms with Crippen LogP contribution in [0.1, 0.15) is 52.9 Å². The second-order valence-electron chi connectivity index (χ2n) is 3.75. The van der Waals surface area contributed by atoms with Crippen LogP contribution in [0.5, 0.6) is 0 Å². The third-order valence-corrected chi connectivity index (χ3v) is 2.48. The predicted molar refractivity (Wildman–Crippen MR) is 66.5 cm³/mol. The molecule has 0 unspecified atom stereocenters. The Kier molecular flexibility index (Phi) is 8.31. The highest BCUT2D eigenvalue weighted by Gasteiger charge is 2.06. The largest absolute Gasteiger partial charge is 0.0991 e. The van der Waals surface area contributed by atoms with Crippen molar-refractivity contribution in [3.63, 3.8) is 0 Å². The van der Waals surface area contributed by atoms with Crippen LogP contribution < -0.4 is 0 Å². The molecular weight excluding hydrogens is 168 g/mol. The Morgan fingerprint density at radius 2 is 1.86 bits per heavy atom. The average molecular weight is 192 g/mol. The molecule has 0 heterocycles. The van der Waals surface area contributed by atoms with Crippen molar-refractivity contribution in [3.8, 4) is 0 Å². The zero-order valence-corrected chi connectivity index (χ0v) is 9.97. The lowest BCUT2D eigenvalue weighted by atomic mass is 10.1. The van der Waals surface area contributed by atoms with Crippen LogP contribution >= 0.6 is 0 Å². The highest BCUT2D eigenvalue weighted by Crippen LogP contribution is 2.25. The van der Waals surface area contributed by atoms with Crippen LogP contribution in [-0.4, -0.2) is 0 Å². The molecule has 0 nitrogen and oxygen atoms in total. The summed E-state index contributed by atoms with van der Waals surface area (Å²) in [4.78, 5) is 0. The molecule has 0 fully saturated rings. The molecule has 0 N–H and O–H groups in total. The first-order valence-corrected chi connectivity index (χ1v) is 5.73. The lowest BCUT2D eigenvalue weighted by Gasteiger charge is -1.91. The van der Waals surface area contributed by atoms with Crippen LogP contribution in [0.25, 0.3) is 0 Å². The second kappa shape index (κ2) is 8.80. The molecule has 0 radical (unpaired) electrons. The molecular formula is C14H24. The van der Waals surface area contributed by atoms with E-state index in [1.54, 1.807) is 5.57 Å². The third-order valence-electron chi connectivity index (χ3n) is 2.48. The molecule has 80 valence electrons. The molecule has 1 rings (SSSR count). The minimum Gasteiger partial charge on any atom is -0.0991 e. The predicted octanol–water partition coefficient (Wildman–Crippen LogP) is 5.04. The summed E-state index contributed by atoms with van der Waals surface area (Å²) in [6.07, 6.45) is 12.5. The summed E-state index contributed by atoms with van der Waals surface area (Å²) in [5.74, 6) is 0. The van der Waals surface area contributed by atoms with Crippen LogP contribution in [-0.2, 0) is 0 Å². The minimum atomic E-state index is 1.26. The van der Waals surface area contributed by atoms with E-state index in [-0.39, 0.29) is 0 Å². The van der Waals surface area contributed by atoms with E-state index in [0.29, 0.717) is 0 Å². The molecule has 0 heteroatoms. The van der Waals surface area contributed by atoms with Crippen molar-refractivity contribution < 1.29 is 0 Å². The quantitative estimate of drug-likeness (QED) is 0.550. The maximum Gasteiger partial charge on any atom is -0.0276 e. The van der Waals surface area contributed by atoms with Gasteiger partial charge >= 0.3 is 0 Å². The SMILES string of the molecule is C=C/C=C\C1=C(C)CCC1.CCCC. The fraction of sp³-hybridized carbons (Fsp3) is 0.571. The van der Waals surface area contributed by atoms with Gasteiger partial charge in [0.25, 0.3) is 0 Å². The topological polar surface area (TPSA) is 0 Å². The first-order valence-electron chi connectivity index (χ1n) is 5.73. The molecule has 1 aliphatic rings. The Labute approximate surface area is 89.4 Å². The fourth-order valence-electron chi connectivity index (χ4n) is 1.33. The normalized spacial score (nSPS) is 15.6. The van der Waals surface area contributed by atoms with Gasteiger partial charge in [-0.25, -0.2) is 0 Å².